The molecule has 0 spiro atoms. The van der Waals surface area contributed by atoms with Crippen LogP contribution in [-0.4, -0.2) is 38.5 Å². The average Bonchev–Trinajstić information content (AvgIpc) is 2.91. The summed E-state index contributed by atoms with van der Waals surface area (Å²) in [7, 11) is -3.08. The lowest BCUT2D eigenvalue weighted by Crippen LogP contribution is -2.36. The van der Waals surface area contributed by atoms with Crippen molar-refractivity contribution in [3.05, 3.63) is 47.1 Å². The van der Waals surface area contributed by atoms with Crippen LogP contribution in [0.1, 0.15) is 12.0 Å². The largest absolute Gasteiger partial charge is 0.488 e. The SMILES string of the molecule is N#CC(=CC1=Cc2ccccc2OC1)C(=O)NC1CCS(=O)(=O)C1. The van der Waals surface area contributed by atoms with Gasteiger partial charge in [-0.2, -0.15) is 5.26 Å². The third kappa shape index (κ3) is 3.66. The monoisotopic (exact) mass is 344 g/mol. The van der Waals surface area contributed by atoms with Crippen molar-refractivity contribution in [2.45, 2.75) is 12.5 Å². The van der Waals surface area contributed by atoms with Crippen LogP contribution in [0.15, 0.2) is 41.5 Å². The molecule has 24 heavy (non-hydrogen) atoms. The van der Waals surface area contributed by atoms with Crippen molar-refractivity contribution in [3.63, 3.8) is 0 Å². The summed E-state index contributed by atoms with van der Waals surface area (Å²) in [5.41, 5.74) is 1.53. The van der Waals surface area contributed by atoms with Gasteiger partial charge in [-0.3, -0.25) is 4.79 Å². The Labute approximate surface area is 140 Å². The number of sulfone groups is 1. The van der Waals surface area contributed by atoms with Gasteiger partial charge in [0.25, 0.3) is 5.91 Å². The van der Waals surface area contributed by atoms with Crippen LogP contribution < -0.4 is 10.1 Å². The first-order chi connectivity index (χ1) is 11.5. The van der Waals surface area contributed by atoms with Crippen molar-refractivity contribution < 1.29 is 17.9 Å². The minimum absolute atomic E-state index is 0.0615. The smallest absolute Gasteiger partial charge is 0.262 e. The molecule has 1 amide bonds. The fourth-order valence-electron chi connectivity index (χ4n) is 2.72. The molecule has 2 aliphatic heterocycles. The summed E-state index contributed by atoms with van der Waals surface area (Å²) >= 11 is 0. The molecule has 6 nitrogen and oxygen atoms in total. The molecule has 1 aromatic rings. The van der Waals surface area contributed by atoms with Crippen molar-refractivity contribution in [1.29, 1.82) is 5.26 Å². The maximum atomic E-state index is 12.2. The van der Waals surface area contributed by atoms with Crippen LogP contribution in [0.4, 0.5) is 0 Å². The third-order valence-electron chi connectivity index (χ3n) is 3.92. The number of nitrogens with one attached hydrogen (secondary N) is 1. The van der Waals surface area contributed by atoms with E-state index in [2.05, 4.69) is 5.32 Å². The number of nitrogens with zero attached hydrogens (tertiary/aromatic N) is 1. The molecule has 0 saturated carbocycles. The van der Waals surface area contributed by atoms with Crippen molar-refractivity contribution >= 4 is 21.8 Å². The van der Waals surface area contributed by atoms with Crippen molar-refractivity contribution in [2.75, 3.05) is 18.1 Å². The molecular formula is C17H16N2O4S. The molecule has 7 heteroatoms. The van der Waals surface area contributed by atoms with Gasteiger partial charge in [-0.25, -0.2) is 8.42 Å². The van der Waals surface area contributed by atoms with Crippen molar-refractivity contribution in [1.82, 2.24) is 5.32 Å². The van der Waals surface area contributed by atoms with E-state index in [0.717, 1.165) is 11.3 Å². The number of carbonyl (C=O) groups excluding carboxylic acids is 1. The highest BCUT2D eigenvalue weighted by atomic mass is 32.2. The maximum Gasteiger partial charge on any atom is 0.262 e. The molecule has 1 atom stereocenters. The van der Waals surface area contributed by atoms with Gasteiger partial charge in [0.2, 0.25) is 0 Å². The standard InChI is InChI=1S/C17H16N2O4S/c18-9-14(17(20)19-15-5-6-24(21,22)11-15)8-12-7-13-3-1-2-4-16(13)23-10-12/h1-4,7-8,15H,5-6,10-11H2,(H,19,20). The maximum absolute atomic E-state index is 12.2. The Kier molecular flexibility index (Phi) is 4.40. The molecular weight excluding hydrogens is 328 g/mol. The molecule has 1 aromatic carbocycles. The van der Waals surface area contributed by atoms with E-state index in [1.807, 2.05) is 36.4 Å². The first kappa shape index (κ1) is 16.3. The summed E-state index contributed by atoms with van der Waals surface area (Å²) in [6.07, 6.45) is 3.73. The van der Waals surface area contributed by atoms with E-state index < -0.39 is 21.8 Å². The van der Waals surface area contributed by atoms with Crippen molar-refractivity contribution in [2.24, 2.45) is 0 Å². The van der Waals surface area contributed by atoms with E-state index in [1.54, 1.807) is 0 Å². The van der Waals surface area contributed by atoms with Gasteiger partial charge in [0.1, 0.15) is 24.0 Å². The van der Waals surface area contributed by atoms with Gasteiger partial charge in [-0.05, 0) is 30.2 Å². The highest BCUT2D eigenvalue weighted by molar-refractivity contribution is 7.91. The van der Waals surface area contributed by atoms with Crippen LogP contribution in [0.5, 0.6) is 5.75 Å². The molecule has 0 radical (unpaired) electrons. The number of nitriles is 1. The Morgan fingerprint density at radius 2 is 2.17 bits per heavy atom. The highest BCUT2D eigenvalue weighted by Gasteiger charge is 2.29. The predicted molar refractivity (Wildman–Crippen MR) is 88.8 cm³/mol. The van der Waals surface area contributed by atoms with Gasteiger partial charge in [0, 0.05) is 11.6 Å². The van der Waals surface area contributed by atoms with Crippen LogP contribution in [0.2, 0.25) is 0 Å². The number of carbonyl (C=O) groups is 1. The van der Waals surface area contributed by atoms with E-state index in [-0.39, 0.29) is 23.7 Å². The Morgan fingerprint density at radius 3 is 2.88 bits per heavy atom. The lowest BCUT2D eigenvalue weighted by atomic mass is 10.0. The number of amides is 1. The van der Waals surface area contributed by atoms with Gasteiger partial charge in [0.15, 0.2) is 9.84 Å². The number of rotatable bonds is 3. The first-order valence-corrected chi connectivity index (χ1v) is 9.34. The minimum atomic E-state index is -3.08. The Balaban J connectivity index is 1.75. The lowest BCUT2D eigenvalue weighted by Gasteiger charge is -2.16. The Morgan fingerprint density at radius 1 is 1.38 bits per heavy atom. The summed E-state index contributed by atoms with van der Waals surface area (Å²) in [6.45, 7) is 0.271. The molecule has 0 aromatic heterocycles. The van der Waals surface area contributed by atoms with Gasteiger partial charge in [-0.1, -0.05) is 18.2 Å². The lowest BCUT2D eigenvalue weighted by molar-refractivity contribution is -0.117. The second-order valence-electron chi connectivity index (χ2n) is 5.79. The molecule has 0 bridgehead atoms. The zero-order valence-corrected chi connectivity index (χ0v) is 13.7. The number of para-hydroxylation sites is 1. The number of hydrogen-bond acceptors (Lipinski definition) is 5. The molecule has 124 valence electrons. The van der Waals surface area contributed by atoms with Crippen LogP contribution in [0.3, 0.4) is 0 Å². The molecule has 3 rings (SSSR count). The number of benzene rings is 1. The van der Waals surface area contributed by atoms with E-state index >= 15 is 0 Å². The summed E-state index contributed by atoms with van der Waals surface area (Å²) < 4.78 is 28.5. The van der Waals surface area contributed by atoms with E-state index in [1.165, 1.54) is 6.08 Å². The van der Waals surface area contributed by atoms with Gasteiger partial charge < -0.3 is 10.1 Å². The summed E-state index contributed by atoms with van der Waals surface area (Å²) in [5, 5.41) is 11.9. The Hall–Kier alpha value is -2.59. The van der Waals surface area contributed by atoms with Gasteiger partial charge in [-0.15, -0.1) is 0 Å². The van der Waals surface area contributed by atoms with E-state index in [0.29, 0.717) is 12.0 Å². The summed E-state index contributed by atoms with van der Waals surface area (Å²) in [4.78, 5) is 12.2. The zero-order valence-electron chi connectivity index (χ0n) is 12.9. The van der Waals surface area contributed by atoms with Crippen LogP contribution in [0.25, 0.3) is 6.08 Å². The predicted octanol–water partition coefficient (Wildman–Crippen LogP) is 1.22. The Bertz CT molecular complexity index is 878. The first-order valence-electron chi connectivity index (χ1n) is 7.52. The molecule has 1 saturated heterocycles. The molecule has 2 heterocycles. The molecule has 2 aliphatic rings. The minimum Gasteiger partial charge on any atom is -0.488 e. The molecule has 0 aliphatic carbocycles. The fraction of sp³-hybridized carbons (Fsp3) is 0.294. The zero-order chi connectivity index (χ0) is 17.2. The second-order valence-corrected chi connectivity index (χ2v) is 8.02. The molecule has 1 fully saturated rings. The third-order valence-corrected chi connectivity index (χ3v) is 5.68. The van der Waals surface area contributed by atoms with Crippen molar-refractivity contribution in [3.8, 4) is 11.8 Å². The van der Waals surface area contributed by atoms with Crippen LogP contribution >= 0.6 is 0 Å². The number of hydrogen-bond donors (Lipinski definition) is 1. The normalized spacial score (nSPS) is 21.9. The van der Waals surface area contributed by atoms with Gasteiger partial charge >= 0.3 is 0 Å². The van der Waals surface area contributed by atoms with Crippen LogP contribution in [0, 0.1) is 11.3 Å². The highest BCUT2D eigenvalue weighted by Crippen LogP contribution is 2.26. The van der Waals surface area contributed by atoms with Crippen LogP contribution in [-0.2, 0) is 14.6 Å². The molecule has 1 N–H and O–H groups in total. The topological polar surface area (TPSA) is 96.3 Å². The second kappa shape index (κ2) is 6.49. The quantitative estimate of drug-likeness (QED) is 0.657. The van der Waals surface area contributed by atoms with Gasteiger partial charge in [0.05, 0.1) is 11.5 Å². The fourth-order valence-corrected chi connectivity index (χ4v) is 4.40. The van der Waals surface area contributed by atoms with E-state index in [9.17, 15) is 18.5 Å². The molecule has 1 unspecified atom stereocenters. The summed E-state index contributed by atoms with van der Waals surface area (Å²) in [5.74, 6) is 0.198. The number of fused-ring (bicyclic) bond motifs is 1. The summed E-state index contributed by atoms with van der Waals surface area (Å²) in [6, 6.07) is 8.93. The average molecular weight is 344 g/mol. The van der Waals surface area contributed by atoms with E-state index in [4.69, 9.17) is 4.74 Å². The number of ether oxygens (including phenoxy) is 1.